The van der Waals surface area contributed by atoms with Crippen molar-refractivity contribution >= 4 is 0 Å². The van der Waals surface area contributed by atoms with Crippen molar-refractivity contribution in [1.29, 1.82) is 0 Å². The van der Waals surface area contributed by atoms with Crippen LogP contribution in [-0.4, -0.2) is 49.8 Å². The molecule has 3 nitrogen and oxygen atoms in total. The van der Waals surface area contributed by atoms with Crippen LogP contribution in [0.1, 0.15) is 49.1 Å². The maximum absolute atomic E-state index is 3.59. The van der Waals surface area contributed by atoms with Gasteiger partial charge in [-0.05, 0) is 37.4 Å². The summed E-state index contributed by atoms with van der Waals surface area (Å²) >= 11 is 0. The third-order valence-electron chi connectivity index (χ3n) is 6.55. The molecule has 4 rings (SSSR count). The molecule has 3 fully saturated rings. The van der Waals surface area contributed by atoms with Crippen LogP contribution in [0.4, 0.5) is 0 Å². The number of quaternary nitrogens is 1. The summed E-state index contributed by atoms with van der Waals surface area (Å²) in [4.78, 5) is 0. The van der Waals surface area contributed by atoms with Crippen molar-refractivity contribution in [3.63, 3.8) is 0 Å². The second-order valence-electron chi connectivity index (χ2n) is 7.94. The molecule has 23 heavy (non-hydrogen) atoms. The Morgan fingerprint density at radius 2 is 1.57 bits per heavy atom. The normalized spacial score (nSPS) is 28.3. The van der Waals surface area contributed by atoms with E-state index in [9.17, 15) is 0 Å². The molecule has 0 spiro atoms. The molecule has 2 N–H and O–H groups in total. The quantitative estimate of drug-likeness (QED) is 0.835. The summed E-state index contributed by atoms with van der Waals surface area (Å²) in [5, 5.41) is 7.06. The van der Waals surface area contributed by atoms with Crippen molar-refractivity contribution in [3.05, 3.63) is 35.4 Å². The smallest absolute Gasteiger partial charge is 0.105 e. The summed E-state index contributed by atoms with van der Waals surface area (Å²) < 4.78 is 1.35. The van der Waals surface area contributed by atoms with Crippen LogP contribution in [0.3, 0.4) is 0 Å². The van der Waals surface area contributed by atoms with E-state index in [2.05, 4.69) is 34.9 Å². The Morgan fingerprint density at radius 3 is 2.22 bits per heavy atom. The van der Waals surface area contributed by atoms with Gasteiger partial charge in [-0.2, -0.15) is 0 Å². The van der Waals surface area contributed by atoms with Crippen LogP contribution < -0.4 is 10.6 Å². The molecule has 3 heteroatoms. The first-order valence-corrected chi connectivity index (χ1v) is 9.72. The third-order valence-corrected chi connectivity index (χ3v) is 6.55. The molecule has 1 unspecified atom stereocenters. The average molecular weight is 314 g/mol. The lowest BCUT2D eigenvalue weighted by Crippen LogP contribution is -2.53. The number of nitrogens with zero attached hydrogens (tertiary/aromatic N) is 1. The molecule has 3 aliphatic rings. The van der Waals surface area contributed by atoms with E-state index >= 15 is 0 Å². The van der Waals surface area contributed by atoms with Gasteiger partial charge in [-0.25, -0.2) is 0 Å². The lowest BCUT2D eigenvalue weighted by Gasteiger charge is -2.40. The van der Waals surface area contributed by atoms with Gasteiger partial charge in [0.1, 0.15) is 12.6 Å². The summed E-state index contributed by atoms with van der Waals surface area (Å²) in [6.45, 7) is 8.85. The lowest BCUT2D eigenvalue weighted by molar-refractivity contribution is -0.950. The van der Waals surface area contributed by atoms with Gasteiger partial charge in [-0.15, -0.1) is 0 Å². The molecule has 1 atom stereocenters. The van der Waals surface area contributed by atoms with Crippen LogP contribution in [0.15, 0.2) is 24.3 Å². The topological polar surface area (TPSA) is 24.1 Å². The van der Waals surface area contributed by atoms with E-state index in [-0.39, 0.29) is 0 Å². The first-order chi connectivity index (χ1) is 11.4. The number of piperidine rings is 1. The molecule has 3 aliphatic heterocycles. The standard InChI is InChI=1S/C20H32N3/c1-2-14-23(13-1,20-9-12-22-15-20)16-17-3-5-18(6-4-17)19-7-10-21-11-8-19/h3-6,19-22H,1-2,7-16H2/q+1. The highest BCUT2D eigenvalue weighted by Crippen LogP contribution is 2.31. The summed E-state index contributed by atoms with van der Waals surface area (Å²) in [5.74, 6) is 0.777. The van der Waals surface area contributed by atoms with Gasteiger partial charge < -0.3 is 15.1 Å². The predicted octanol–water partition coefficient (Wildman–Crippen LogP) is 2.63. The van der Waals surface area contributed by atoms with Crippen LogP contribution >= 0.6 is 0 Å². The highest BCUT2D eigenvalue weighted by molar-refractivity contribution is 5.25. The van der Waals surface area contributed by atoms with Gasteiger partial charge in [0, 0.05) is 37.9 Å². The van der Waals surface area contributed by atoms with E-state index in [1.165, 1.54) is 82.4 Å². The third kappa shape index (κ3) is 3.33. The Kier molecular flexibility index (Phi) is 4.70. The largest absolute Gasteiger partial charge is 0.317 e. The zero-order valence-electron chi connectivity index (χ0n) is 14.4. The summed E-state index contributed by atoms with van der Waals surface area (Å²) in [7, 11) is 0. The van der Waals surface area contributed by atoms with Gasteiger partial charge in [0.15, 0.2) is 0 Å². The Bertz CT molecular complexity index is 492. The zero-order valence-corrected chi connectivity index (χ0v) is 14.4. The summed E-state index contributed by atoms with van der Waals surface area (Å²) in [5.41, 5.74) is 3.11. The Labute approximate surface area is 141 Å². The molecule has 3 heterocycles. The van der Waals surface area contributed by atoms with Crippen molar-refractivity contribution in [2.45, 2.75) is 50.6 Å². The summed E-state index contributed by atoms with van der Waals surface area (Å²) in [6, 6.07) is 10.5. The molecule has 0 aliphatic carbocycles. The SMILES string of the molecule is c1cc(C2CCNCC2)ccc1C[N+]1(C2CCNC2)CCCC1. The second kappa shape index (κ2) is 6.92. The van der Waals surface area contributed by atoms with Crippen molar-refractivity contribution in [2.75, 3.05) is 39.3 Å². The molecular formula is C20H32N3+. The molecule has 1 aromatic rings. The number of benzene rings is 1. The van der Waals surface area contributed by atoms with Gasteiger partial charge in [0.2, 0.25) is 0 Å². The monoisotopic (exact) mass is 314 g/mol. The molecular weight excluding hydrogens is 282 g/mol. The first-order valence-electron chi connectivity index (χ1n) is 9.72. The van der Waals surface area contributed by atoms with Gasteiger partial charge >= 0.3 is 0 Å². The fourth-order valence-corrected chi connectivity index (χ4v) is 5.14. The molecule has 0 amide bonds. The fourth-order valence-electron chi connectivity index (χ4n) is 5.14. The fraction of sp³-hybridized carbons (Fsp3) is 0.700. The van der Waals surface area contributed by atoms with Crippen LogP contribution in [0.2, 0.25) is 0 Å². The minimum atomic E-state index is 0.777. The van der Waals surface area contributed by atoms with Crippen LogP contribution in [0, 0.1) is 0 Å². The lowest BCUT2D eigenvalue weighted by atomic mass is 9.90. The molecule has 3 saturated heterocycles. The van der Waals surface area contributed by atoms with E-state index in [1.54, 1.807) is 11.1 Å². The van der Waals surface area contributed by atoms with Crippen LogP contribution in [0.5, 0.6) is 0 Å². The Balaban J connectivity index is 1.46. The van der Waals surface area contributed by atoms with E-state index in [0.717, 1.165) is 12.0 Å². The van der Waals surface area contributed by atoms with Crippen molar-refractivity contribution < 1.29 is 4.48 Å². The number of hydrogen-bond acceptors (Lipinski definition) is 2. The van der Waals surface area contributed by atoms with E-state index < -0.39 is 0 Å². The van der Waals surface area contributed by atoms with Gasteiger partial charge in [0.25, 0.3) is 0 Å². The number of likely N-dealkylation sites (tertiary alicyclic amines) is 1. The van der Waals surface area contributed by atoms with Gasteiger partial charge in [-0.1, -0.05) is 24.3 Å². The molecule has 1 aromatic carbocycles. The molecule has 0 aromatic heterocycles. The van der Waals surface area contributed by atoms with E-state index in [4.69, 9.17) is 0 Å². The number of nitrogens with one attached hydrogen (secondary N) is 2. The van der Waals surface area contributed by atoms with Crippen LogP contribution in [-0.2, 0) is 6.54 Å². The predicted molar refractivity (Wildman–Crippen MR) is 95.5 cm³/mol. The highest BCUT2D eigenvalue weighted by Gasteiger charge is 2.41. The maximum Gasteiger partial charge on any atom is 0.105 e. The van der Waals surface area contributed by atoms with Crippen molar-refractivity contribution in [1.82, 2.24) is 10.6 Å². The molecule has 0 bridgehead atoms. The minimum absolute atomic E-state index is 0.777. The second-order valence-corrected chi connectivity index (χ2v) is 7.94. The molecule has 0 saturated carbocycles. The Morgan fingerprint density at radius 1 is 0.870 bits per heavy atom. The number of rotatable bonds is 4. The van der Waals surface area contributed by atoms with Crippen LogP contribution in [0.25, 0.3) is 0 Å². The Hall–Kier alpha value is -0.900. The molecule has 126 valence electrons. The van der Waals surface area contributed by atoms with E-state index in [1.807, 2.05) is 0 Å². The number of hydrogen-bond donors (Lipinski definition) is 2. The highest BCUT2D eigenvalue weighted by atomic mass is 15.4. The van der Waals surface area contributed by atoms with Gasteiger partial charge in [0.05, 0.1) is 13.1 Å². The van der Waals surface area contributed by atoms with Crippen molar-refractivity contribution in [2.24, 2.45) is 0 Å². The maximum atomic E-state index is 3.59. The van der Waals surface area contributed by atoms with Crippen molar-refractivity contribution in [3.8, 4) is 0 Å². The first kappa shape index (κ1) is 15.6. The zero-order chi connectivity index (χ0) is 15.5. The van der Waals surface area contributed by atoms with Gasteiger partial charge in [-0.3, -0.25) is 0 Å². The minimum Gasteiger partial charge on any atom is -0.317 e. The average Bonchev–Trinajstić information content (AvgIpc) is 3.29. The summed E-state index contributed by atoms with van der Waals surface area (Å²) in [6.07, 6.45) is 6.81. The van der Waals surface area contributed by atoms with E-state index in [0.29, 0.717) is 0 Å². The molecule has 0 radical (unpaired) electrons.